The predicted octanol–water partition coefficient (Wildman–Crippen LogP) is 3.35. The summed E-state index contributed by atoms with van der Waals surface area (Å²) in [7, 11) is -3.08. The van der Waals surface area contributed by atoms with Crippen LogP contribution in [-0.2, 0) is 22.8 Å². The molecule has 0 spiro atoms. The minimum atomic E-state index is -3.08. The molecule has 2 aromatic rings. The minimum absolute atomic E-state index is 0.0230. The number of amides is 1. The number of carbonyl (C=O) groups is 1. The van der Waals surface area contributed by atoms with Gasteiger partial charge in [-0.25, -0.2) is 13.2 Å². The molecule has 0 radical (unpaired) electrons. The number of hydrogen-bond donors (Lipinski definition) is 1. The summed E-state index contributed by atoms with van der Waals surface area (Å²) in [6, 6.07) is 3.64. The number of hydrogen-bond acceptors (Lipinski definition) is 5. The largest absolute Gasteiger partial charge is 0.489 e. The molecule has 1 aliphatic carbocycles. The summed E-state index contributed by atoms with van der Waals surface area (Å²) >= 11 is 0. The number of nitrogens with zero attached hydrogens (tertiary/aromatic N) is 3. The van der Waals surface area contributed by atoms with Crippen molar-refractivity contribution in [2.75, 3.05) is 16.9 Å². The van der Waals surface area contributed by atoms with Crippen molar-refractivity contribution in [3.05, 3.63) is 30.1 Å². The Labute approximate surface area is 176 Å². The highest BCUT2D eigenvalue weighted by Crippen LogP contribution is 2.44. The molecule has 1 aromatic carbocycles. The van der Waals surface area contributed by atoms with Crippen molar-refractivity contribution < 1.29 is 23.1 Å². The molecule has 2 heterocycles. The van der Waals surface area contributed by atoms with Gasteiger partial charge >= 0.3 is 6.09 Å². The van der Waals surface area contributed by atoms with Crippen molar-refractivity contribution in [1.82, 2.24) is 9.78 Å². The van der Waals surface area contributed by atoms with Gasteiger partial charge < -0.3 is 9.84 Å². The van der Waals surface area contributed by atoms with E-state index >= 15 is 0 Å². The molecule has 4 rings (SSSR count). The molecule has 1 atom stereocenters. The third kappa shape index (κ3) is 4.16. The van der Waals surface area contributed by atoms with Gasteiger partial charge in [0.2, 0.25) is 0 Å². The van der Waals surface area contributed by atoms with Crippen LogP contribution in [0.3, 0.4) is 0 Å². The quantitative estimate of drug-likeness (QED) is 0.750. The molecule has 8 nitrogen and oxygen atoms in total. The highest BCUT2D eigenvalue weighted by molar-refractivity contribution is 7.90. The van der Waals surface area contributed by atoms with Gasteiger partial charge in [0.25, 0.3) is 0 Å². The average molecular weight is 434 g/mol. The molecular formula is C21H27N3O5S. The van der Waals surface area contributed by atoms with Crippen molar-refractivity contribution in [2.45, 2.75) is 57.7 Å². The molecule has 0 saturated heterocycles. The number of rotatable bonds is 6. The van der Waals surface area contributed by atoms with Crippen LogP contribution in [0.5, 0.6) is 5.75 Å². The van der Waals surface area contributed by atoms with Gasteiger partial charge in [-0.05, 0) is 51.2 Å². The van der Waals surface area contributed by atoms with Crippen LogP contribution in [-0.4, -0.2) is 53.6 Å². The fraction of sp³-hybridized carbons (Fsp3) is 0.524. The maximum Gasteiger partial charge on any atom is 0.412 e. The Morgan fingerprint density at radius 2 is 2.07 bits per heavy atom. The molecule has 9 heteroatoms. The fourth-order valence-electron chi connectivity index (χ4n) is 4.00. The Balaban J connectivity index is 1.73. The van der Waals surface area contributed by atoms with E-state index in [-0.39, 0.29) is 24.4 Å². The zero-order valence-electron chi connectivity index (χ0n) is 17.2. The van der Waals surface area contributed by atoms with Gasteiger partial charge in [-0.3, -0.25) is 9.58 Å². The number of aromatic nitrogens is 2. The molecule has 1 saturated carbocycles. The average Bonchev–Trinajstić information content (AvgIpc) is 3.10. The molecule has 0 unspecified atom stereocenters. The lowest BCUT2D eigenvalue weighted by molar-refractivity contribution is 0.119. The van der Waals surface area contributed by atoms with Crippen molar-refractivity contribution in [3.8, 4) is 16.9 Å². The first-order valence-electron chi connectivity index (χ1n) is 10.3. The summed E-state index contributed by atoms with van der Waals surface area (Å²) in [6.07, 6.45) is 8.53. The van der Waals surface area contributed by atoms with Gasteiger partial charge in [0.15, 0.2) is 0 Å². The Hall–Kier alpha value is -2.55. The van der Waals surface area contributed by atoms with Crippen LogP contribution in [0.15, 0.2) is 24.5 Å². The lowest BCUT2D eigenvalue weighted by atomic mass is 9.91. The zero-order chi connectivity index (χ0) is 21.5. The van der Waals surface area contributed by atoms with E-state index in [1.165, 1.54) is 11.2 Å². The van der Waals surface area contributed by atoms with Gasteiger partial charge in [0, 0.05) is 35.2 Å². The minimum Gasteiger partial charge on any atom is -0.489 e. The van der Waals surface area contributed by atoms with Gasteiger partial charge in [-0.2, -0.15) is 5.10 Å². The van der Waals surface area contributed by atoms with E-state index in [0.29, 0.717) is 5.69 Å². The highest BCUT2D eigenvalue weighted by atomic mass is 32.2. The third-order valence-electron chi connectivity index (χ3n) is 5.93. The first-order chi connectivity index (χ1) is 14.2. The Morgan fingerprint density at radius 3 is 2.70 bits per heavy atom. The van der Waals surface area contributed by atoms with Crippen molar-refractivity contribution in [2.24, 2.45) is 0 Å². The Morgan fingerprint density at radius 1 is 1.30 bits per heavy atom. The van der Waals surface area contributed by atoms with Gasteiger partial charge in [-0.1, -0.05) is 0 Å². The van der Waals surface area contributed by atoms with E-state index in [9.17, 15) is 18.3 Å². The summed E-state index contributed by atoms with van der Waals surface area (Å²) in [6.45, 7) is 2.20. The topological polar surface area (TPSA) is 102 Å². The Bertz CT molecular complexity index is 1060. The maximum absolute atomic E-state index is 11.9. The second-order valence-electron chi connectivity index (χ2n) is 8.27. The summed E-state index contributed by atoms with van der Waals surface area (Å²) in [5.74, 6) is 0.757. The molecule has 1 aromatic heterocycles. The van der Waals surface area contributed by atoms with Crippen LogP contribution < -0.4 is 9.64 Å². The smallest absolute Gasteiger partial charge is 0.412 e. The molecule has 1 aliphatic heterocycles. The van der Waals surface area contributed by atoms with Crippen LogP contribution in [0.25, 0.3) is 11.1 Å². The van der Waals surface area contributed by atoms with Crippen LogP contribution in [0, 0.1) is 0 Å². The summed E-state index contributed by atoms with van der Waals surface area (Å²) in [5, 5.41) is 14.0. The van der Waals surface area contributed by atoms with Crippen molar-refractivity contribution in [3.63, 3.8) is 0 Å². The lowest BCUT2D eigenvalue weighted by Gasteiger charge is -2.36. The molecule has 2 aliphatic rings. The van der Waals surface area contributed by atoms with Gasteiger partial charge in [0.1, 0.15) is 15.6 Å². The zero-order valence-corrected chi connectivity index (χ0v) is 18.1. The normalized spacial score (nSPS) is 19.3. The highest BCUT2D eigenvalue weighted by Gasteiger charge is 2.32. The van der Waals surface area contributed by atoms with E-state index in [2.05, 4.69) is 5.10 Å². The molecule has 162 valence electrons. The molecule has 1 fully saturated rings. The van der Waals surface area contributed by atoms with Crippen LogP contribution >= 0.6 is 0 Å². The number of aryl methyl sites for hydroxylation is 1. The molecular weight excluding hydrogens is 406 g/mol. The second kappa shape index (κ2) is 7.94. The molecule has 30 heavy (non-hydrogen) atoms. The van der Waals surface area contributed by atoms with Crippen LogP contribution in [0.4, 0.5) is 10.5 Å². The standard InChI is InChI=1S/C21H27N3O5S/c1-14-6-7-18-19(24(14)21(25)26)9-8-17(20(18)29-16-4-3-5-16)15-12-22-23(13-15)10-11-30(2,27)28/h8-9,12-14,16H,3-7,10-11H2,1-2H3,(H,25,26)/t14-/m0/s1. The van der Waals surface area contributed by atoms with E-state index in [0.717, 1.165) is 54.5 Å². The third-order valence-corrected chi connectivity index (χ3v) is 6.85. The van der Waals surface area contributed by atoms with E-state index in [1.54, 1.807) is 10.9 Å². The number of fused-ring (bicyclic) bond motifs is 1. The van der Waals surface area contributed by atoms with Crippen molar-refractivity contribution >= 4 is 21.6 Å². The van der Waals surface area contributed by atoms with E-state index in [1.807, 2.05) is 25.3 Å². The SMILES string of the molecule is C[C@H]1CCc2c(ccc(-c3cnn(CCS(C)(=O)=O)c3)c2OC2CCC2)N1C(=O)O. The molecule has 0 bridgehead atoms. The van der Waals surface area contributed by atoms with Crippen LogP contribution in [0.2, 0.25) is 0 Å². The number of ether oxygens (including phenoxy) is 1. The molecule has 1 N–H and O–H groups in total. The number of carboxylic acid groups (broad SMARTS) is 1. The lowest BCUT2D eigenvalue weighted by Crippen LogP contribution is -2.41. The predicted molar refractivity (Wildman–Crippen MR) is 114 cm³/mol. The van der Waals surface area contributed by atoms with Crippen LogP contribution in [0.1, 0.15) is 38.2 Å². The van der Waals surface area contributed by atoms with E-state index < -0.39 is 15.9 Å². The first-order valence-corrected chi connectivity index (χ1v) is 12.3. The molecule has 1 amide bonds. The number of benzene rings is 1. The van der Waals surface area contributed by atoms with E-state index in [4.69, 9.17) is 4.74 Å². The maximum atomic E-state index is 11.9. The monoisotopic (exact) mass is 433 g/mol. The van der Waals surface area contributed by atoms with Gasteiger partial charge in [-0.15, -0.1) is 0 Å². The summed E-state index contributed by atoms with van der Waals surface area (Å²) in [4.78, 5) is 13.3. The van der Waals surface area contributed by atoms with Gasteiger partial charge in [0.05, 0.1) is 30.3 Å². The van der Waals surface area contributed by atoms with Crippen molar-refractivity contribution in [1.29, 1.82) is 0 Å². The fourth-order valence-corrected chi connectivity index (χ4v) is 4.52. The summed E-state index contributed by atoms with van der Waals surface area (Å²) in [5.41, 5.74) is 3.31. The summed E-state index contributed by atoms with van der Waals surface area (Å²) < 4.78 is 30.9. The second-order valence-corrected chi connectivity index (χ2v) is 10.5. The number of sulfone groups is 1. The number of anilines is 1. The Kier molecular flexibility index (Phi) is 5.48. The first kappa shape index (κ1) is 20.7.